The molecule has 8 atom stereocenters. The Morgan fingerprint density at radius 3 is 2.07 bits per heavy atom. The molecular weight excluding hydrogens is 324 g/mol. The predicted octanol–water partition coefficient (Wildman–Crippen LogP) is 7.46. The second-order valence-corrected chi connectivity index (χ2v) is 11.8. The third kappa shape index (κ3) is 3.12. The third-order valence-corrected chi connectivity index (χ3v) is 8.90. The van der Waals surface area contributed by atoms with Crippen molar-refractivity contribution >= 4 is 0 Å². The molecule has 0 N–H and O–H groups in total. The van der Waals surface area contributed by atoms with Crippen molar-refractivity contribution in [1.29, 1.82) is 0 Å². The number of hydrogen-bond acceptors (Lipinski definition) is 0. The minimum absolute atomic E-state index is 0.376. The molecule has 0 radical (unpaired) electrons. The highest BCUT2D eigenvalue weighted by molar-refractivity contribution is 5.33. The minimum atomic E-state index is 0.376. The molecule has 0 amide bonds. The van der Waals surface area contributed by atoms with Gasteiger partial charge in [0.25, 0.3) is 0 Å². The molecule has 4 rings (SSSR count). The molecule has 2 fully saturated rings. The monoisotopic (exact) mass is 364 g/mol. The smallest absolute Gasteiger partial charge is 0.00928 e. The lowest BCUT2D eigenvalue weighted by atomic mass is 9.59. The van der Waals surface area contributed by atoms with Crippen LogP contribution in [0.5, 0.6) is 0 Å². The summed E-state index contributed by atoms with van der Waals surface area (Å²) in [5.41, 5.74) is 2.27. The van der Waals surface area contributed by atoms with E-state index in [1.807, 2.05) is 0 Å². The average Bonchev–Trinajstić information content (AvgIpc) is 3.13. The Bertz CT molecular complexity index is 692. The molecule has 2 saturated carbocycles. The second-order valence-electron chi connectivity index (χ2n) is 11.8. The summed E-state index contributed by atoms with van der Waals surface area (Å²) < 4.78 is 0. The zero-order valence-electron chi connectivity index (χ0n) is 18.6. The molecular formula is C27H40. The van der Waals surface area contributed by atoms with Crippen LogP contribution < -0.4 is 0 Å². The summed E-state index contributed by atoms with van der Waals surface area (Å²) in [6, 6.07) is 0. The van der Waals surface area contributed by atoms with Gasteiger partial charge < -0.3 is 0 Å². The van der Waals surface area contributed by atoms with E-state index in [9.17, 15) is 0 Å². The summed E-state index contributed by atoms with van der Waals surface area (Å²) in [5, 5.41) is 0. The first-order valence-corrected chi connectivity index (χ1v) is 11.3. The van der Waals surface area contributed by atoms with Crippen molar-refractivity contribution in [3.05, 3.63) is 48.1 Å². The van der Waals surface area contributed by atoms with Gasteiger partial charge in [0.15, 0.2) is 0 Å². The molecule has 4 aliphatic rings. The maximum atomic E-state index is 2.62. The summed E-state index contributed by atoms with van der Waals surface area (Å²) in [4.78, 5) is 0. The molecule has 0 heterocycles. The van der Waals surface area contributed by atoms with Crippen LogP contribution in [-0.4, -0.2) is 0 Å². The first kappa shape index (κ1) is 19.3. The fraction of sp³-hybridized carbons (Fsp3) is 0.704. The van der Waals surface area contributed by atoms with Gasteiger partial charge in [-0.1, -0.05) is 89.6 Å². The van der Waals surface area contributed by atoms with Crippen LogP contribution in [0.2, 0.25) is 0 Å². The highest BCUT2D eigenvalue weighted by Crippen LogP contribution is 2.63. The van der Waals surface area contributed by atoms with Gasteiger partial charge in [0.2, 0.25) is 0 Å². The molecule has 0 aromatic carbocycles. The lowest BCUT2D eigenvalue weighted by Gasteiger charge is -2.45. The summed E-state index contributed by atoms with van der Waals surface area (Å²) in [6.45, 7) is 17.4. The first-order valence-electron chi connectivity index (χ1n) is 11.3. The van der Waals surface area contributed by atoms with Crippen molar-refractivity contribution < 1.29 is 0 Å². The standard InChI is InChI=1S/C27H40/c1-17-12-13-22-23(14-17)20-10-8-9-11-21(20)25(22)27(6,7)24-16-19(15-18(24)2)26(3,4)5/h8-14,18-25H,15-16H2,1-7H3. The van der Waals surface area contributed by atoms with E-state index in [1.54, 1.807) is 0 Å². The molecule has 0 nitrogen and oxygen atoms in total. The van der Waals surface area contributed by atoms with Gasteiger partial charge in [-0.3, -0.25) is 0 Å². The Morgan fingerprint density at radius 2 is 1.44 bits per heavy atom. The van der Waals surface area contributed by atoms with Crippen molar-refractivity contribution in [3.63, 3.8) is 0 Å². The summed E-state index contributed by atoms with van der Waals surface area (Å²) in [7, 11) is 0. The van der Waals surface area contributed by atoms with E-state index in [4.69, 9.17) is 0 Å². The van der Waals surface area contributed by atoms with Crippen molar-refractivity contribution in [1.82, 2.24) is 0 Å². The molecule has 8 unspecified atom stereocenters. The molecule has 148 valence electrons. The Hall–Kier alpha value is -1.04. The van der Waals surface area contributed by atoms with Crippen molar-refractivity contribution in [2.45, 2.75) is 61.3 Å². The number of allylic oxidation sites excluding steroid dienone is 8. The molecule has 4 aliphatic carbocycles. The maximum absolute atomic E-state index is 2.62. The predicted molar refractivity (Wildman–Crippen MR) is 117 cm³/mol. The van der Waals surface area contributed by atoms with Crippen molar-refractivity contribution in [3.8, 4) is 0 Å². The van der Waals surface area contributed by atoms with Crippen LogP contribution in [0.1, 0.15) is 61.3 Å². The van der Waals surface area contributed by atoms with Gasteiger partial charge in [-0.15, -0.1) is 0 Å². The van der Waals surface area contributed by atoms with Gasteiger partial charge >= 0.3 is 0 Å². The quantitative estimate of drug-likeness (QED) is 0.477. The molecule has 0 heteroatoms. The van der Waals surface area contributed by atoms with Crippen LogP contribution >= 0.6 is 0 Å². The topological polar surface area (TPSA) is 0 Å². The Balaban J connectivity index is 1.68. The van der Waals surface area contributed by atoms with Crippen LogP contribution in [0.25, 0.3) is 0 Å². The van der Waals surface area contributed by atoms with Crippen LogP contribution in [-0.2, 0) is 0 Å². The molecule has 27 heavy (non-hydrogen) atoms. The van der Waals surface area contributed by atoms with Crippen LogP contribution in [0.15, 0.2) is 48.1 Å². The van der Waals surface area contributed by atoms with Crippen molar-refractivity contribution in [2.24, 2.45) is 58.2 Å². The Kier molecular flexibility index (Phi) is 4.64. The maximum Gasteiger partial charge on any atom is -0.00928 e. The molecule has 0 bridgehead atoms. The summed E-state index contributed by atoms with van der Waals surface area (Å²) >= 11 is 0. The van der Waals surface area contributed by atoms with E-state index in [-0.39, 0.29) is 0 Å². The fourth-order valence-corrected chi connectivity index (χ4v) is 7.46. The lowest BCUT2D eigenvalue weighted by molar-refractivity contribution is 0.0498. The van der Waals surface area contributed by atoms with Gasteiger partial charge in [0.1, 0.15) is 0 Å². The van der Waals surface area contributed by atoms with Crippen LogP contribution in [0.4, 0.5) is 0 Å². The molecule has 0 aliphatic heterocycles. The lowest BCUT2D eigenvalue weighted by Crippen LogP contribution is -2.39. The number of hydrogen-bond donors (Lipinski definition) is 0. The Labute approximate surface area is 167 Å². The van der Waals surface area contributed by atoms with E-state index in [2.05, 4.69) is 91.0 Å². The molecule has 0 aromatic rings. The molecule has 0 spiro atoms. The largest absolute Gasteiger partial charge is 0.0805 e. The van der Waals surface area contributed by atoms with E-state index in [0.717, 1.165) is 23.7 Å². The van der Waals surface area contributed by atoms with Gasteiger partial charge in [0.05, 0.1) is 0 Å². The zero-order chi connectivity index (χ0) is 19.6. The van der Waals surface area contributed by atoms with E-state index in [1.165, 1.54) is 18.4 Å². The van der Waals surface area contributed by atoms with E-state index >= 15 is 0 Å². The van der Waals surface area contributed by atoms with E-state index in [0.29, 0.717) is 34.5 Å². The first-order chi connectivity index (χ1) is 12.6. The fourth-order valence-electron chi connectivity index (χ4n) is 7.46. The SMILES string of the molecule is CC1=CC2C3C=CC=CC3C(C(C)(C)C3CC(C(C)(C)C)CC3C)C2C=C1. The van der Waals surface area contributed by atoms with Crippen LogP contribution in [0.3, 0.4) is 0 Å². The van der Waals surface area contributed by atoms with Gasteiger partial charge in [-0.25, -0.2) is 0 Å². The summed E-state index contributed by atoms with van der Waals surface area (Å²) in [6.07, 6.45) is 20.1. The van der Waals surface area contributed by atoms with Gasteiger partial charge in [-0.05, 0) is 77.9 Å². The van der Waals surface area contributed by atoms with Gasteiger partial charge in [0, 0.05) is 0 Å². The Morgan fingerprint density at radius 1 is 0.815 bits per heavy atom. The minimum Gasteiger partial charge on any atom is -0.0805 e. The van der Waals surface area contributed by atoms with Crippen molar-refractivity contribution in [2.75, 3.05) is 0 Å². The third-order valence-electron chi connectivity index (χ3n) is 8.90. The summed E-state index contributed by atoms with van der Waals surface area (Å²) in [5.74, 6) is 6.09. The average molecular weight is 365 g/mol. The van der Waals surface area contributed by atoms with Gasteiger partial charge in [-0.2, -0.15) is 0 Å². The van der Waals surface area contributed by atoms with Crippen LogP contribution in [0, 0.1) is 58.2 Å². The zero-order valence-corrected chi connectivity index (χ0v) is 18.6. The molecule has 0 saturated heterocycles. The highest BCUT2D eigenvalue weighted by atomic mass is 14.6. The number of rotatable bonds is 2. The molecule has 0 aromatic heterocycles. The number of fused-ring (bicyclic) bond motifs is 3. The second kappa shape index (κ2) is 6.50. The highest BCUT2D eigenvalue weighted by Gasteiger charge is 2.57. The normalized spacial score (nSPS) is 43.6. The van der Waals surface area contributed by atoms with E-state index < -0.39 is 0 Å².